The van der Waals surface area contributed by atoms with E-state index in [1.807, 2.05) is 0 Å². The maximum absolute atomic E-state index is 13.6. The van der Waals surface area contributed by atoms with Crippen LogP contribution in [0.2, 0.25) is 0 Å². The molecule has 17 heavy (non-hydrogen) atoms. The first-order chi connectivity index (χ1) is 8.24. The van der Waals surface area contributed by atoms with Crippen molar-refractivity contribution in [3.63, 3.8) is 0 Å². The summed E-state index contributed by atoms with van der Waals surface area (Å²) in [6.07, 6.45) is 2.98. The number of anilines is 1. The van der Waals surface area contributed by atoms with Crippen molar-refractivity contribution < 1.29 is 4.39 Å². The second kappa shape index (κ2) is 3.51. The van der Waals surface area contributed by atoms with Crippen molar-refractivity contribution in [2.45, 2.75) is 0 Å². The van der Waals surface area contributed by atoms with Crippen LogP contribution in [0.4, 0.5) is 10.1 Å². The summed E-state index contributed by atoms with van der Waals surface area (Å²) < 4.78 is 13.6. The number of nitrogen functional groups attached to an aromatic ring is 1. The van der Waals surface area contributed by atoms with Gasteiger partial charge >= 0.3 is 0 Å². The summed E-state index contributed by atoms with van der Waals surface area (Å²) in [4.78, 5) is 15.0. The minimum atomic E-state index is -0.383. The van der Waals surface area contributed by atoms with Gasteiger partial charge in [-0.25, -0.2) is 19.3 Å². The first-order valence-corrected chi connectivity index (χ1v) is 4.95. The standard InChI is InChI=1S/C11H8FN5/c12-8-2-1-6(13)3-7(8)10-16-9-4-14-5-15-11(9)17-10/h1-5H,13H2,(H,14,15,16,17). The Morgan fingerprint density at radius 1 is 1.29 bits per heavy atom. The summed E-state index contributed by atoms with van der Waals surface area (Å²) in [5.74, 6) is 0.0107. The molecule has 5 nitrogen and oxygen atoms in total. The van der Waals surface area contributed by atoms with Gasteiger partial charge in [-0.1, -0.05) is 0 Å². The number of hydrogen-bond donors (Lipinski definition) is 2. The fourth-order valence-corrected chi connectivity index (χ4v) is 1.61. The van der Waals surface area contributed by atoms with Gasteiger partial charge < -0.3 is 10.7 Å². The van der Waals surface area contributed by atoms with Crippen LogP contribution in [0.3, 0.4) is 0 Å². The van der Waals surface area contributed by atoms with Crippen molar-refractivity contribution in [3.05, 3.63) is 36.5 Å². The van der Waals surface area contributed by atoms with Crippen LogP contribution in [0.1, 0.15) is 0 Å². The van der Waals surface area contributed by atoms with Crippen molar-refractivity contribution in [1.29, 1.82) is 0 Å². The molecule has 0 aliphatic carbocycles. The summed E-state index contributed by atoms with van der Waals surface area (Å²) >= 11 is 0. The van der Waals surface area contributed by atoms with E-state index < -0.39 is 0 Å². The third-order valence-corrected chi connectivity index (χ3v) is 2.41. The molecular formula is C11H8FN5. The summed E-state index contributed by atoms with van der Waals surface area (Å²) in [6.45, 7) is 0. The number of nitrogens with two attached hydrogens (primary N) is 1. The maximum atomic E-state index is 13.6. The molecule has 0 radical (unpaired) electrons. The summed E-state index contributed by atoms with van der Waals surface area (Å²) in [7, 11) is 0. The zero-order valence-corrected chi connectivity index (χ0v) is 8.68. The predicted molar refractivity (Wildman–Crippen MR) is 61.5 cm³/mol. The lowest BCUT2D eigenvalue weighted by Gasteiger charge is -2.00. The van der Waals surface area contributed by atoms with Gasteiger partial charge in [0.1, 0.15) is 23.5 Å². The Bertz CT molecular complexity index is 658. The Balaban J connectivity index is 2.23. The molecule has 0 spiro atoms. The number of aromatic nitrogens is 4. The number of rotatable bonds is 1. The van der Waals surface area contributed by atoms with Crippen LogP contribution in [0.5, 0.6) is 0 Å². The number of H-pyrrole nitrogens is 1. The largest absolute Gasteiger partial charge is 0.399 e. The zero-order chi connectivity index (χ0) is 11.8. The van der Waals surface area contributed by atoms with Gasteiger partial charge in [-0.15, -0.1) is 0 Å². The number of aromatic amines is 1. The number of nitrogens with zero attached hydrogens (tertiary/aromatic N) is 3. The molecule has 0 unspecified atom stereocenters. The van der Waals surface area contributed by atoms with Crippen molar-refractivity contribution >= 4 is 16.9 Å². The van der Waals surface area contributed by atoms with Crippen molar-refractivity contribution in [1.82, 2.24) is 19.9 Å². The third-order valence-electron chi connectivity index (χ3n) is 2.41. The lowest BCUT2D eigenvalue weighted by Crippen LogP contribution is -1.90. The number of imidazole rings is 1. The van der Waals surface area contributed by atoms with E-state index in [4.69, 9.17) is 5.73 Å². The molecule has 0 aliphatic rings. The fraction of sp³-hybridized carbons (Fsp3) is 0. The van der Waals surface area contributed by atoms with E-state index in [-0.39, 0.29) is 5.82 Å². The first-order valence-electron chi connectivity index (χ1n) is 4.95. The quantitative estimate of drug-likeness (QED) is 0.623. The van der Waals surface area contributed by atoms with E-state index in [9.17, 15) is 4.39 Å². The number of fused-ring (bicyclic) bond motifs is 1. The molecule has 3 N–H and O–H groups in total. The van der Waals surface area contributed by atoms with E-state index in [0.29, 0.717) is 28.2 Å². The molecule has 3 aromatic rings. The highest BCUT2D eigenvalue weighted by Crippen LogP contribution is 2.23. The van der Waals surface area contributed by atoms with Crippen molar-refractivity contribution in [2.75, 3.05) is 5.73 Å². The predicted octanol–water partition coefficient (Wildman–Crippen LogP) is 1.74. The molecular weight excluding hydrogens is 221 g/mol. The van der Waals surface area contributed by atoms with E-state index in [2.05, 4.69) is 19.9 Å². The van der Waals surface area contributed by atoms with Crippen LogP contribution in [-0.2, 0) is 0 Å². The second-order valence-electron chi connectivity index (χ2n) is 3.58. The minimum absolute atomic E-state index is 0.322. The second-order valence-corrected chi connectivity index (χ2v) is 3.58. The van der Waals surface area contributed by atoms with Crippen LogP contribution >= 0.6 is 0 Å². The Morgan fingerprint density at radius 2 is 2.18 bits per heavy atom. The monoisotopic (exact) mass is 229 g/mol. The molecule has 0 aliphatic heterocycles. The molecule has 0 saturated carbocycles. The van der Waals surface area contributed by atoms with Crippen LogP contribution in [-0.4, -0.2) is 19.9 Å². The Labute approximate surface area is 95.5 Å². The minimum Gasteiger partial charge on any atom is -0.399 e. The van der Waals surface area contributed by atoms with Crippen LogP contribution in [0, 0.1) is 5.82 Å². The average Bonchev–Trinajstić information content (AvgIpc) is 2.75. The third kappa shape index (κ3) is 1.59. The average molecular weight is 229 g/mol. The Kier molecular flexibility index (Phi) is 2.01. The molecule has 0 atom stereocenters. The molecule has 1 aromatic carbocycles. The van der Waals surface area contributed by atoms with Crippen LogP contribution < -0.4 is 5.73 Å². The van der Waals surface area contributed by atoms with E-state index in [1.165, 1.54) is 24.5 Å². The van der Waals surface area contributed by atoms with Crippen molar-refractivity contribution in [2.24, 2.45) is 0 Å². The van der Waals surface area contributed by atoms with E-state index in [1.54, 1.807) is 6.20 Å². The van der Waals surface area contributed by atoms with Gasteiger partial charge in [0.2, 0.25) is 0 Å². The first kappa shape index (κ1) is 9.71. The molecule has 2 heterocycles. The molecule has 0 bridgehead atoms. The maximum Gasteiger partial charge on any atom is 0.181 e. The van der Waals surface area contributed by atoms with Gasteiger partial charge in [0, 0.05) is 5.69 Å². The summed E-state index contributed by atoms with van der Waals surface area (Å²) in [5, 5.41) is 0. The molecule has 2 aromatic heterocycles. The smallest absolute Gasteiger partial charge is 0.181 e. The summed E-state index contributed by atoms with van der Waals surface area (Å²) in [6, 6.07) is 4.34. The summed E-state index contributed by atoms with van der Waals surface area (Å²) in [5.41, 5.74) is 7.58. The molecule has 0 fully saturated rings. The Morgan fingerprint density at radius 3 is 3.00 bits per heavy atom. The molecule has 6 heteroatoms. The molecule has 84 valence electrons. The molecule has 0 amide bonds. The number of benzene rings is 1. The number of halogens is 1. The number of nitrogens with one attached hydrogen (secondary N) is 1. The van der Waals surface area contributed by atoms with Crippen LogP contribution in [0.15, 0.2) is 30.7 Å². The lowest BCUT2D eigenvalue weighted by molar-refractivity contribution is 0.630. The molecule has 0 saturated heterocycles. The van der Waals surface area contributed by atoms with Gasteiger partial charge in [-0.3, -0.25) is 0 Å². The zero-order valence-electron chi connectivity index (χ0n) is 8.68. The highest BCUT2D eigenvalue weighted by atomic mass is 19.1. The van der Waals surface area contributed by atoms with Gasteiger partial charge in [-0.2, -0.15) is 0 Å². The topological polar surface area (TPSA) is 80.5 Å². The molecule has 3 rings (SSSR count). The fourth-order valence-electron chi connectivity index (χ4n) is 1.61. The van der Waals surface area contributed by atoms with Gasteiger partial charge in [0.15, 0.2) is 5.65 Å². The number of hydrogen-bond acceptors (Lipinski definition) is 4. The normalized spacial score (nSPS) is 10.9. The van der Waals surface area contributed by atoms with Gasteiger partial charge in [0.25, 0.3) is 0 Å². The lowest BCUT2D eigenvalue weighted by atomic mass is 10.2. The van der Waals surface area contributed by atoms with E-state index >= 15 is 0 Å². The van der Waals surface area contributed by atoms with Crippen molar-refractivity contribution in [3.8, 4) is 11.4 Å². The Hall–Kier alpha value is -2.50. The van der Waals surface area contributed by atoms with Gasteiger partial charge in [0.05, 0.1) is 11.8 Å². The SMILES string of the molecule is Nc1ccc(F)c(-c2nc3ncncc3[nH]2)c1. The van der Waals surface area contributed by atoms with Gasteiger partial charge in [-0.05, 0) is 18.2 Å². The highest BCUT2D eigenvalue weighted by Gasteiger charge is 2.10. The van der Waals surface area contributed by atoms with Crippen LogP contribution in [0.25, 0.3) is 22.6 Å². The highest BCUT2D eigenvalue weighted by molar-refractivity contribution is 5.75. The van der Waals surface area contributed by atoms with E-state index in [0.717, 1.165) is 0 Å².